The second-order valence-electron chi connectivity index (χ2n) is 9.92. The van der Waals surface area contributed by atoms with Gasteiger partial charge in [-0.15, -0.1) is 23.2 Å². The summed E-state index contributed by atoms with van der Waals surface area (Å²) in [6.07, 6.45) is 5.42. The molecule has 0 heterocycles. The van der Waals surface area contributed by atoms with E-state index in [0.29, 0.717) is 36.4 Å². The van der Waals surface area contributed by atoms with Crippen molar-refractivity contribution in [2.45, 2.75) is 82.1 Å². The van der Waals surface area contributed by atoms with Gasteiger partial charge in [0.1, 0.15) is 11.9 Å². The van der Waals surface area contributed by atoms with Crippen LogP contribution < -0.4 is 0 Å². The smallest absolute Gasteiger partial charge is 0.303 e. The van der Waals surface area contributed by atoms with Crippen LogP contribution in [-0.4, -0.2) is 28.1 Å². The Kier molecular flexibility index (Phi) is 4.56. The molecule has 0 saturated heterocycles. The van der Waals surface area contributed by atoms with Crippen molar-refractivity contribution in [1.29, 1.82) is 0 Å². The van der Waals surface area contributed by atoms with Gasteiger partial charge in [-0.3, -0.25) is 9.59 Å². The number of alkyl halides is 2. The summed E-state index contributed by atoms with van der Waals surface area (Å²) in [4.78, 5) is 23.5. The highest BCUT2D eigenvalue weighted by molar-refractivity contribution is 6.33. The zero-order chi connectivity index (χ0) is 19.8. The number of hydrogen-bond donors (Lipinski definition) is 0. The van der Waals surface area contributed by atoms with E-state index in [-0.39, 0.29) is 28.3 Å². The predicted octanol–water partition coefficient (Wildman–Crippen LogP) is 5.27. The fraction of sp³-hybridized carbons (Fsp3) is 0.818. The maximum atomic E-state index is 12.6. The van der Waals surface area contributed by atoms with Crippen molar-refractivity contribution < 1.29 is 14.3 Å². The Hall–Kier alpha value is -0.540. The number of hydrogen-bond acceptors (Lipinski definition) is 3. The summed E-state index contributed by atoms with van der Waals surface area (Å²) < 4.78 is 5.52. The van der Waals surface area contributed by atoms with Crippen molar-refractivity contribution in [1.82, 2.24) is 0 Å². The van der Waals surface area contributed by atoms with E-state index in [0.717, 1.165) is 37.7 Å². The number of halogens is 2. The fourth-order valence-corrected chi connectivity index (χ4v) is 8.21. The molecule has 0 spiro atoms. The molecule has 4 rings (SSSR count). The average Bonchev–Trinajstić information content (AvgIpc) is 2.87. The van der Waals surface area contributed by atoms with E-state index < -0.39 is 4.87 Å². The van der Waals surface area contributed by atoms with Crippen LogP contribution in [0, 0.1) is 28.6 Å². The number of ketones is 1. The molecule has 0 aromatic rings. The molecule has 0 aromatic carbocycles. The molecule has 3 nitrogen and oxygen atoms in total. The second kappa shape index (κ2) is 6.23. The summed E-state index contributed by atoms with van der Waals surface area (Å²) >= 11 is 14.3. The molecule has 5 heteroatoms. The topological polar surface area (TPSA) is 43.4 Å². The van der Waals surface area contributed by atoms with Gasteiger partial charge in [0.15, 0.2) is 0 Å². The molecule has 0 N–H and O–H groups in total. The maximum Gasteiger partial charge on any atom is 0.303 e. The van der Waals surface area contributed by atoms with Crippen LogP contribution in [0.3, 0.4) is 0 Å². The van der Waals surface area contributed by atoms with Crippen LogP contribution in [0.2, 0.25) is 0 Å². The zero-order valence-electron chi connectivity index (χ0n) is 16.5. The van der Waals surface area contributed by atoms with Gasteiger partial charge >= 0.3 is 5.97 Å². The number of esters is 1. The van der Waals surface area contributed by atoms with E-state index in [1.54, 1.807) is 0 Å². The standard InChI is InChI=1S/C22H30Cl2O3/c1-12-10-21(4)16-7-8-20(3)15(5-6-19(20)26)14(16)9-18(23)22(21,24)11-17(12)27-13(2)25/h14-18H,1,5-11H2,2-4H3/t14-,15-,16-,17+,18+,20-,21+,22+/m0/s1. The van der Waals surface area contributed by atoms with Gasteiger partial charge in [-0.05, 0) is 60.8 Å². The van der Waals surface area contributed by atoms with Crippen LogP contribution in [0.15, 0.2) is 12.2 Å². The molecule has 27 heavy (non-hydrogen) atoms. The average molecular weight is 413 g/mol. The Morgan fingerprint density at radius 3 is 2.63 bits per heavy atom. The normalized spacial score (nSPS) is 52.0. The van der Waals surface area contributed by atoms with Gasteiger partial charge in [-0.1, -0.05) is 20.4 Å². The minimum atomic E-state index is -0.618. The van der Waals surface area contributed by atoms with E-state index in [1.807, 2.05) is 0 Å². The minimum Gasteiger partial charge on any atom is -0.458 e. The first-order valence-corrected chi connectivity index (χ1v) is 11.1. The molecular weight excluding hydrogens is 383 g/mol. The van der Waals surface area contributed by atoms with Gasteiger partial charge < -0.3 is 4.74 Å². The lowest BCUT2D eigenvalue weighted by atomic mass is 9.44. The van der Waals surface area contributed by atoms with Crippen molar-refractivity contribution >= 4 is 35.0 Å². The molecule has 0 aliphatic heterocycles. The quantitative estimate of drug-likeness (QED) is 0.334. The summed E-state index contributed by atoms with van der Waals surface area (Å²) in [6.45, 7) is 10.1. The number of rotatable bonds is 1. The molecule has 150 valence electrons. The monoisotopic (exact) mass is 412 g/mol. The zero-order valence-corrected chi connectivity index (χ0v) is 18.0. The van der Waals surface area contributed by atoms with Crippen LogP contribution in [0.5, 0.6) is 0 Å². The number of carbonyl (C=O) groups excluding carboxylic acids is 2. The maximum absolute atomic E-state index is 12.6. The molecule has 0 bridgehead atoms. The number of ether oxygens (including phenoxy) is 1. The van der Waals surface area contributed by atoms with Gasteiger partial charge in [0.25, 0.3) is 0 Å². The van der Waals surface area contributed by atoms with Crippen LogP contribution >= 0.6 is 23.2 Å². The molecule has 0 aromatic heterocycles. The molecule has 0 amide bonds. The predicted molar refractivity (Wildman–Crippen MR) is 107 cm³/mol. The van der Waals surface area contributed by atoms with E-state index >= 15 is 0 Å². The van der Waals surface area contributed by atoms with Crippen molar-refractivity contribution in [3.8, 4) is 0 Å². The molecule has 4 fully saturated rings. The summed E-state index contributed by atoms with van der Waals surface area (Å²) in [5.74, 6) is 1.43. The Balaban J connectivity index is 1.69. The molecule has 4 aliphatic rings. The van der Waals surface area contributed by atoms with Gasteiger partial charge in [0.05, 0.1) is 10.3 Å². The molecule has 0 radical (unpaired) electrons. The Morgan fingerprint density at radius 2 is 1.96 bits per heavy atom. The third-order valence-corrected chi connectivity index (χ3v) is 10.2. The lowest BCUT2D eigenvalue weighted by Crippen LogP contribution is -2.65. The van der Waals surface area contributed by atoms with Gasteiger partial charge in [0, 0.05) is 25.2 Å². The Morgan fingerprint density at radius 1 is 1.26 bits per heavy atom. The van der Waals surface area contributed by atoms with Crippen LogP contribution in [0.1, 0.15) is 65.7 Å². The van der Waals surface area contributed by atoms with E-state index in [2.05, 4.69) is 20.4 Å². The first-order valence-electron chi connectivity index (χ1n) is 10.2. The molecule has 8 atom stereocenters. The number of fused-ring (bicyclic) bond motifs is 5. The summed E-state index contributed by atoms with van der Waals surface area (Å²) in [5.41, 5.74) is 0.584. The van der Waals surface area contributed by atoms with Crippen molar-refractivity contribution in [3.63, 3.8) is 0 Å². The van der Waals surface area contributed by atoms with Crippen LogP contribution in [0.25, 0.3) is 0 Å². The molecule has 4 saturated carbocycles. The summed E-state index contributed by atoms with van der Waals surface area (Å²) in [6, 6.07) is 0. The highest BCUT2D eigenvalue weighted by Crippen LogP contribution is 2.69. The molecule has 0 unspecified atom stereocenters. The number of carbonyl (C=O) groups is 2. The Labute approximate surface area is 172 Å². The van der Waals surface area contributed by atoms with E-state index in [9.17, 15) is 9.59 Å². The van der Waals surface area contributed by atoms with Crippen LogP contribution in [0.4, 0.5) is 0 Å². The van der Waals surface area contributed by atoms with Gasteiger partial charge in [-0.25, -0.2) is 0 Å². The lowest BCUT2D eigenvalue weighted by molar-refractivity contribution is -0.150. The highest BCUT2D eigenvalue weighted by atomic mass is 35.5. The Bertz CT molecular complexity index is 706. The van der Waals surface area contributed by atoms with E-state index in [4.69, 9.17) is 27.9 Å². The second-order valence-corrected chi connectivity index (χ2v) is 11.1. The highest BCUT2D eigenvalue weighted by Gasteiger charge is 2.68. The van der Waals surface area contributed by atoms with Crippen molar-refractivity contribution in [2.24, 2.45) is 28.6 Å². The van der Waals surface area contributed by atoms with Gasteiger partial charge in [0.2, 0.25) is 0 Å². The number of Topliss-reactive ketones (excluding diaryl/α,β-unsaturated/α-hetero) is 1. The third-order valence-electron chi connectivity index (χ3n) is 8.73. The third kappa shape index (κ3) is 2.60. The SMILES string of the molecule is C=C1C[C@]2(C)[C@H]3CC[C@]4(C)C(=O)CC[C@H]4[C@@H]3C[C@@H](Cl)[C@]2(Cl)C[C@H]1OC(C)=O. The fourth-order valence-electron chi connectivity index (χ4n) is 7.23. The first-order chi connectivity index (χ1) is 12.5. The lowest BCUT2D eigenvalue weighted by Gasteiger charge is -2.65. The summed E-state index contributed by atoms with van der Waals surface area (Å²) in [5, 5.41) is -0.199. The minimum absolute atomic E-state index is 0.174. The first kappa shape index (κ1) is 19.8. The summed E-state index contributed by atoms with van der Waals surface area (Å²) in [7, 11) is 0. The molecule has 4 aliphatic carbocycles. The van der Waals surface area contributed by atoms with E-state index in [1.165, 1.54) is 6.92 Å². The largest absolute Gasteiger partial charge is 0.458 e. The molecular formula is C22H30Cl2O3. The van der Waals surface area contributed by atoms with Crippen LogP contribution in [-0.2, 0) is 14.3 Å². The van der Waals surface area contributed by atoms with Gasteiger partial charge in [-0.2, -0.15) is 0 Å². The van der Waals surface area contributed by atoms with Crippen molar-refractivity contribution in [2.75, 3.05) is 0 Å². The van der Waals surface area contributed by atoms with Crippen molar-refractivity contribution in [3.05, 3.63) is 12.2 Å².